The Balaban J connectivity index is 1.94. The summed E-state index contributed by atoms with van der Waals surface area (Å²) in [5.41, 5.74) is 0.0761. The van der Waals surface area contributed by atoms with Gasteiger partial charge in [-0.2, -0.15) is 5.10 Å². The average molecular weight is 285 g/mol. The van der Waals surface area contributed by atoms with E-state index in [1.807, 2.05) is 16.8 Å². The molecule has 0 aliphatic carbocycles. The lowest BCUT2D eigenvalue weighted by Crippen LogP contribution is -2.35. The molecule has 0 fully saturated rings. The van der Waals surface area contributed by atoms with E-state index in [0.29, 0.717) is 6.54 Å². The number of hydrogen-bond acceptors (Lipinski definition) is 4. The summed E-state index contributed by atoms with van der Waals surface area (Å²) in [5, 5.41) is 7.79. The fourth-order valence-electron chi connectivity index (χ4n) is 1.43. The van der Waals surface area contributed by atoms with Crippen LogP contribution in [0.4, 0.5) is 0 Å². The van der Waals surface area contributed by atoms with Gasteiger partial charge < -0.3 is 5.32 Å². The number of nitrogens with one attached hydrogen (secondary N) is 1. The molecule has 18 heavy (non-hydrogen) atoms. The molecule has 0 radical (unpaired) electrons. The van der Waals surface area contributed by atoms with E-state index in [4.69, 9.17) is 11.6 Å². The van der Waals surface area contributed by atoms with E-state index in [1.165, 1.54) is 4.88 Å². The molecule has 98 valence electrons. The summed E-state index contributed by atoms with van der Waals surface area (Å²) in [4.78, 5) is 5.46. The third kappa shape index (κ3) is 4.08. The van der Waals surface area contributed by atoms with E-state index in [-0.39, 0.29) is 5.54 Å². The minimum Gasteiger partial charge on any atom is -0.305 e. The molecule has 1 N–H and O–H groups in total. The normalized spacial score (nSPS) is 12.0. The third-order valence-corrected chi connectivity index (χ3v) is 3.52. The van der Waals surface area contributed by atoms with Crippen molar-refractivity contribution in [3.8, 4) is 0 Å². The van der Waals surface area contributed by atoms with Crippen molar-refractivity contribution in [1.82, 2.24) is 20.1 Å². The van der Waals surface area contributed by atoms with E-state index >= 15 is 0 Å². The van der Waals surface area contributed by atoms with Crippen LogP contribution in [0.15, 0.2) is 18.5 Å². The molecule has 0 saturated heterocycles. The summed E-state index contributed by atoms with van der Waals surface area (Å²) in [6.45, 7) is 7.77. The van der Waals surface area contributed by atoms with E-state index < -0.39 is 0 Å². The van der Waals surface area contributed by atoms with Crippen LogP contribution in [-0.2, 0) is 13.1 Å². The summed E-state index contributed by atoms with van der Waals surface area (Å²) in [5.74, 6) is 0.813. The maximum atomic E-state index is 5.89. The van der Waals surface area contributed by atoms with Gasteiger partial charge in [0.15, 0.2) is 5.82 Å². The van der Waals surface area contributed by atoms with Crippen LogP contribution in [0.3, 0.4) is 0 Å². The van der Waals surface area contributed by atoms with Crippen molar-refractivity contribution < 1.29 is 0 Å². The molecule has 2 rings (SSSR count). The maximum absolute atomic E-state index is 5.89. The van der Waals surface area contributed by atoms with E-state index in [1.54, 1.807) is 17.7 Å². The molecule has 0 unspecified atom stereocenters. The third-order valence-electron chi connectivity index (χ3n) is 2.31. The molecule has 0 aliphatic rings. The van der Waals surface area contributed by atoms with Crippen LogP contribution in [0.1, 0.15) is 31.5 Å². The first-order chi connectivity index (χ1) is 8.42. The van der Waals surface area contributed by atoms with Crippen molar-refractivity contribution in [3.63, 3.8) is 0 Å². The predicted octanol–water partition coefficient (Wildman–Crippen LogP) is 2.93. The second-order valence-corrected chi connectivity index (χ2v) is 6.97. The molecule has 0 atom stereocenters. The Labute approximate surface area is 116 Å². The molecular formula is C12H17ClN4S. The number of aromatic nitrogens is 3. The summed E-state index contributed by atoms with van der Waals surface area (Å²) >= 11 is 7.47. The highest BCUT2D eigenvalue weighted by molar-refractivity contribution is 7.16. The highest BCUT2D eigenvalue weighted by atomic mass is 35.5. The molecule has 0 amide bonds. The molecule has 0 aromatic carbocycles. The van der Waals surface area contributed by atoms with Gasteiger partial charge in [-0.3, -0.25) is 0 Å². The Bertz CT molecular complexity index is 512. The van der Waals surface area contributed by atoms with Gasteiger partial charge >= 0.3 is 0 Å². The zero-order valence-corrected chi connectivity index (χ0v) is 12.3. The van der Waals surface area contributed by atoms with E-state index in [9.17, 15) is 0 Å². The standard InChI is InChI=1S/C12H17ClN4S/c1-12(2,3)15-6-11-14-8-17(16-11)7-9-4-5-10(13)18-9/h4-5,8,15H,6-7H2,1-3H3. The Hall–Kier alpha value is -0.910. The van der Waals surface area contributed by atoms with E-state index in [0.717, 1.165) is 16.7 Å². The van der Waals surface area contributed by atoms with Crippen LogP contribution in [0.25, 0.3) is 0 Å². The fourth-order valence-corrected chi connectivity index (χ4v) is 2.51. The summed E-state index contributed by atoms with van der Waals surface area (Å²) in [7, 11) is 0. The average Bonchev–Trinajstić information content (AvgIpc) is 2.85. The minimum atomic E-state index is 0.0761. The quantitative estimate of drug-likeness (QED) is 0.939. The first-order valence-corrected chi connectivity index (χ1v) is 6.99. The Morgan fingerprint density at radius 2 is 2.17 bits per heavy atom. The molecule has 6 heteroatoms. The molecule has 2 heterocycles. The van der Waals surface area contributed by atoms with Crippen molar-refractivity contribution in [1.29, 1.82) is 0 Å². The minimum absolute atomic E-state index is 0.0761. The fraction of sp³-hybridized carbons (Fsp3) is 0.500. The van der Waals surface area contributed by atoms with Crippen molar-refractivity contribution in [3.05, 3.63) is 33.5 Å². The van der Waals surface area contributed by atoms with Gasteiger partial charge in [0.05, 0.1) is 17.4 Å². The highest BCUT2D eigenvalue weighted by Gasteiger charge is 2.10. The van der Waals surface area contributed by atoms with Crippen LogP contribution in [0.2, 0.25) is 4.34 Å². The number of halogens is 1. The van der Waals surface area contributed by atoms with E-state index in [2.05, 4.69) is 36.2 Å². The zero-order chi connectivity index (χ0) is 13.2. The lowest BCUT2D eigenvalue weighted by atomic mass is 10.1. The van der Waals surface area contributed by atoms with Crippen molar-refractivity contribution in [2.75, 3.05) is 0 Å². The van der Waals surface area contributed by atoms with Gasteiger partial charge in [0, 0.05) is 10.4 Å². The second kappa shape index (κ2) is 5.38. The first-order valence-electron chi connectivity index (χ1n) is 5.80. The topological polar surface area (TPSA) is 42.7 Å². The molecule has 0 bridgehead atoms. The Morgan fingerprint density at radius 1 is 1.39 bits per heavy atom. The van der Waals surface area contributed by atoms with Gasteiger partial charge in [0.25, 0.3) is 0 Å². The monoisotopic (exact) mass is 284 g/mol. The van der Waals surface area contributed by atoms with Gasteiger partial charge in [-0.1, -0.05) is 11.6 Å². The van der Waals surface area contributed by atoms with Crippen LogP contribution in [0, 0.1) is 0 Å². The first kappa shape index (κ1) is 13.5. The zero-order valence-electron chi connectivity index (χ0n) is 10.8. The molecular weight excluding hydrogens is 268 g/mol. The Morgan fingerprint density at radius 3 is 2.78 bits per heavy atom. The number of thiophene rings is 1. The highest BCUT2D eigenvalue weighted by Crippen LogP contribution is 2.21. The SMILES string of the molecule is CC(C)(C)NCc1ncn(Cc2ccc(Cl)s2)n1. The van der Waals surface area contributed by atoms with Crippen LogP contribution < -0.4 is 5.32 Å². The van der Waals surface area contributed by atoms with Gasteiger partial charge in [0.2, 0.25) is 0 Å². The van der Waals surface area contributed by atoms with Gasteiger partial charge in [-0.15, -0.1) is 11.3 Å². The maximum Gasteiger partial charge on any atom is 0.164 e. The van der Waals surface area contributed by atoms with Gasteiger partial charge in [-0.05, 0) is 32.9 Å². The second-order valence-electron chi connectivity index (χ2n) is 5.17. The van der Waals surface area contributed by atoms with Crippen molar-refractivity contribution in [2.24, 2.45) is 0 Å². The lowest BCUT2D eigenvalue weighted by molar-refractivity contribution is 0.417. The van der Waals surface area contributed by atoms with Crippen molar-refractivity contribution >= 4 is 22.9 Å². The van der Waals surface area contributed by atoms with Crippen LogP contribution >= 0.6 is 22.9 Å². The van der Waals surface area contributed by atoms with Gasteiger partial charge in [0.1, 0.15) is 6.33 Å². The summed E-state index contributed by atoms with van der Waals surface area (Å²) in [6, 6.07) is 3.92. The van der Waals surface area contributed by atoms with Crippen LogP contribution in [0.5, 0.6) is 0 Å². The van der Waals surface area contributed by atoms with Gasteiger partial charge in [-0.25, -0.2) is 9.67 Å². The van der Waals surface area contributed by atoms with Crippen LogP contribution in [-0.4, -0.2) is 20.3 Å². The number of nitrogens with zero attached hydrogens (tertiary/aromatic N) is 3. The molecule has 2 aromatic rings. The lowest BCUT2D eigenvalue weighted by Gasteiger charge is -2.19. The molecule has 0 aliphatic heterocycles. The molecule has 0 saturated carbocycles. The predicted molar refractivity (Wildman–Crippen MR) is 75.0 cm³/mol. The smallest absolute Gasteiger partial charge is 0.164 e. The summed E-state index contributed by atoms with van der Waals surface area (Å²) < 4.78 is 2.64. The molecule has 0 spiro atoms. The number of rotatable bonds is 4. The van der Waals surface area contributed by atoms with Crippen molar-refractivity contribution in [2.45, 2.75) is 39.4 Å². The number of hydrogen-bond donors (Lipinski definition) is 1. The largest absolute Gasteiger partial charge is 0.305 e. The molecule has 2 aromatic heterocycles. The Kier molecular flexibility index (Phi) is 4.04. The summed E-state index contributed by atoms with van der Waals surface area (Å²) in [6.07, 6.45) is 1.76. The molecule has 4 nitrogen and oxygen atoms in total.